The number of hydrogen-bond acceptors (Lipinski definition) is 3. The molecule has 1 aromatic heterocycles. The Morgan fingerprint density at radius 2 is 2.33 bits per heavy atom. The largest absolute Gasteiger partial charge is 0.363 e. The van der Waals surface area contributed by atoms with Crippen molar-refractivity contribution in [2.75, 3.05) is 7.05 Å². The Bertz CT molecular complexity index is 355. The Balaban J connectivity index is 3.05. The summed E-state index contributed by atoms with van der Waals surface area (Å²) in [6.07, 6.45) is 1.41. The molecule has 0 spiro atoms. The third-order valence-corrected chi connectivity index (χ3v) is 2.91. The normalized spacial score (nSPS) is 11.8. The minimum absolute atomic E-state index is 0.213. The monoisotopic (exact) mass is 189 g/mol. The fourth-order valence-electron chi connectivity index (χ4n) is 0.810. The van der Waals surface area contributed by atoms with Crippen LogP contribution >= 0.6 is 0 Å². The van der Waals surface area contributed by atoms with Gasteiger partial charge in [-0.25, -0.2) is 13.1 Å². The molecular formula is C6H11N3O2S. The van der Waals surface area contributed by atoms with Gasteiger partial charge in [-0.2, -0.15) is 0 Å². The van der Waals surface area contributed by atoms with Crippen molar-refractivity contribution in [3.05, 3.63) is 18.0 Å². The van der Waals surface area contributed by atoms with Crippen molar-refractivity contribution in [3.63, 3.8) is 0 Å². The number of nitrogens with one attached hydrogen (secondary N) is 2. The number of rotatable bonds is 3. The average molecular weight is 189 g/mol. The highest BCUT2D eigenvalue weighted by Gasteiger charge is 2.12. The third kappa shape index (κ3) is 1.66. The van der Waals surface area contributed by atoms with E-state index in [2.05, 4.69) is 9.71 Å². The van der Waals surface area contributed by atoms with Gasteiger partial charge in [0, 0.05) is 18.4 Å². The van der Waals surface area contributed by atoms with Crippen molar-refractivity contribution in [2.45, 2.75) is 11.4 Å². The zero-order valence-electron chi connectivity index (χ0n) is 6.66. The van der Waals surface area contributed by atoms with E-state index in [1.165, 1.54) is 19.3 Å². The standard InChI is InChI=1S/C6H11N3O2S/c1-8-12(10,11)6-2-5(3-7)9-4-6/h2,4,8-9H,3,7H2,1H3. The second-order valence-corrected chi connectivity index (χ2v) is 4.16. The van der Waals surface area contributed by atoms with E-state index in [0.717, 1.165) is 0 Å². The van der Waals surface area contributed by atoms with Crippen molar-refractivity contribution in [1.82, 2.24) is 9.71 Å². The van der Waals surface area contributed by atoms with Gasteiger partial charge in [-0.05, 0) is 13.1 Å². The number of nitrogens with two attached hydrogens (primary N) is 1. The molecule has 0 amide bonds. The van der Waals surface area contributed by atoms with Crippen LogP contribution in [0.3, 0.4) is 0 Å². The van der Waals surface area contributed by atoms with E-state index in [9.17, 15) is 8.42 Å². The van der Waals surface area contributed by atoms with Crippen LogP contribution in [0.5, 0.6) is 0 Å². The van der Waals surface area contributed by atoms with Gasteiger partial charge >= 0.3 is 0 Å². The second-order valence-electron chi connectivity index (χ2n) is 2.27. The highest BCUT2D eigenvalue weighted by atomic mass is 32.2. The van der Waals surface area contributed by atoms with Crippen LogP contribution < -0.4 is 10.5 Å². The van der Waals surface area contributed by atoms with Crippen LogP contribution in [0.15, 0.2) is 17.2 Å². The van der Waals surface area contributed by atoms with Crippen LogP contribution in [0.2, 0.25) is 0 Å². The van der Waals surface area contributed by atoms with Crippen LogP contribution in [0.25, 0.3) is 0 Å². The molecule has 12 heavy (non-hydrogen) atoms. The molecule has 1 aromatic rings. The van der Waals surface area contributed by atoms with Crippen molar-refractivity contribution < 1.29 is 8.42 Å². The van der Waals surface area contributed by atoms with Crippen LogP contribution in [0.1, 0.15) is 5.69 Å². The van der Waals surface area contributed by atoms with E-state index >= 15 is 0 Å². The van der Waals surface area contributed by atoms with E-state index in [4.69, 9.17) is 5.73 Å². The molecule has 0 saturated carbocycles. The highest BCUT2D eigenvalue weighted by Crippen LogP contribution is 2.08. The van der Waals surface area contributed by atoms with Crippen molar-refractivity contribution in [1.29, 1.82) is 0 Å². The lowest BCUT2D eigenvalue weighted by Crippen LogP contribution is -2.17. The Labute approximate surface area is 71.0 Å². The van der Waals surface area contributed by atoms with E-state index in [1.54, 1.807) is 0 Å². The molecule has 0 saturated heterocycles. The van der Waals surface area contributed by atoms with Gasteiger partial charge in [0.15, 0.2) is 0 Å². The fraction of sp³-hybridized carbons (Fsp3) is 0.333. The third-order valence-electron chi connectivity index (χ3n) is 1.52. The van der Waals surface area contributed by atoms with Crippen LogP contribution in [-0.2, 0) is 16.6 Å². The van der Waals surface area contributed by atoms with Gasteiger partial charge in [0.2, 0.25) is 10.0 Å². The summed E-state index contributed by atoms with van der Waals surface area (Å²) in [5.41, 5.74) is 6.00. The Kier molecular flexibility index (Phi) is 2.51. The fourth-order valence-corrected chi connectivity index (χ4v) is 1.56. The zero-order valence-corrected chi connectivity index (χ0v) is 7.48. The van der Waals surface area contributed by atoms with Crippen LogP contribution in [0.4, 0.5) is 0 Å². The molecule has 0 unspecified atom stereocenters. The lowest BCUT2D eigenvalue weighted by Gasteiger charge is -1.95. The maximum Gasteiger partial charge on any atom is 0.241 e. The minimum Gasteiger partial charge on any atom is -0.363 e. The van der Waals surface area contributed by atoms with E-state index in [0.29, 0.717) is 12.2 Å². The van der Waals surface area contributed by atoms with Gasteiger partial charge in [-0.1, -0.05) is 0 Å². The summed E-state index contributed by atoms with van der Waals surface area (Å²) < 4.78 is 24.5. The molecule has 5 nitrogen and oxygen atoms in total. The summed E-state index contributed by atoms with van der Waals surface area (Å²) in [5.74, 6) is 0. The van der Waals surface area contributed by atoms with Crippen LogP contribution in [0, 0.1) is 0 Å². The predicted octanol–water partition coefficient (Wildman–Crippen LogP) is -0.618. The summed E-state index contributed by atoms with van der Waals surface area (Å²) in [4.78, 5) is 2.97. The SMILES string of the molecule is CNS(=O)(=O)c1c[nH]c(CN)c1. The lowest BCUT2D eigenvalue weighted by molar-refractivity contribution is 0.588. The maximum absolute atomic E-state index is 11.2. The van der Waals surface area contributed by atoms with Gasteiger partial charge in [-0.3, -0.25) is 0 Å². The van der Waals surface area contributed by atoms with Crippen molar-refractivity contribution in [3.8, 4) is 0 Å². The number of aromatic nitrogens is 1. The molecule has 0 radical (unpaired) electrons. The first-order valence-corrected chi connectivity index (χ1v) is 4.89. The first kappa shape index (κ1) is 9.24. The van der Waals surface area contributed by atoms with Crippen molar-refractivity contribution in [2.24, 2.45) is 5.73 Å². The lowest BCUT2D eigenvalue weighted by atomic mass is 10.4. The van der Waals surface area contributed by atoms with Gasteiger partial charge in [0.25, 0.3) is 0 Å². The molecule has 0 fully saturated rings. The number of hydrogen-bond donors (Lipinski definition) is 3. The van der Waals surface area contributed by atoms with Gasteiger partial charge in [0.05, 0.1) is 4.90 Å². The number of aromatic amines is 1. The molecule has 0 aliphatic carbocycles. The summed E-state index contributed by atoms with van der Waals surface area (Å²) in [6, 6.07) is 1.51. The minimum atomic E-state index is -3.32. The van der Waals surface area contributed by atoms with Gasteiger partial charge < -0.3 is 10.7 Å². The molecule has 0 aromatic carbocycles. The zero-order chi connectivity index (χ0) is 9.19. The molecule has 0 aliphatic heterocycles. The Hall–Kier alpha value is -0.850. The molecular weight excluding hydrogens is 178 g/mol. The van der Waals surface area contributed by atoms with E-state index in [1.807, 2.05) is 0 Å². The second kappa shape index (κ2) is 3.26. The van der Waals surface area contributed by atoms with Gasteiger partial charge in [0.1, 0.15) is 0 Å². The summed E-state index contributed by atoms with van der Waals surface area (Å²) in [7, 11) is -1.96. The summed E-state index contributed by atoms with van der Waals surface area (Å²) in [6.45, 7) is 0.305. The van der Waals surface area contributed by atoms with Gasteiger partial charge in [-0.15, -0.1) is 0 Å². The maximum atomic E-state index is 11.2. The Morgan fingerprint density at radius 1 is 1.67 bits per heavy atom. The summed E-state index contributed by atoms with van der Waals surface area (Å²) >= 11 is 0. The molecule has 1 heterocycles. The molecule has 0 bridgehead atoms. The van der Waals surface area contributed by atoms with Crippen LogP contribution in [-0.4, -0.2) is 20.4 Å². The molecule has 4 N–H and O–H groups in total. The molecule has 1 rings (SSSR count). The smallest absolute Gasteiger partial charge is 0.241 e. The van der Waals surface area contributed by atoms with E-state index < -0.39 is 10.0 Å². The van der Waals surface area contributed by atoms with Crippen molar-refractivity contribution >= 4 is 10.0 Å². The Morgan fingerprint density at radius 3 is 2.75 bits per heavy atom. The first-order chi connectivity index (χ1) is 5.60. The summed E-state index contributed by atoms with van der Waals surface area (Å²) in [5, 5.41) is 0. The quantitative estimate of drug-likeness (QED) is 0.592. The molecule has 68 valence electrons. The topological polar surface area (TPSA) is 88.0 Å². The molecule has 0 aliphatic rings. The first-order valence-electron chi connectivity index (χ1n) is 3.41. The number of sulfonamides is 1. The molecule has 0 atom stereocenters. The number of H-pyrrole nitrogens is 1. The average Bonchev–Trinajstić information content (AvgIpc) is 2.52. The highest BCUT2D eigenvalue weighted by molar-refractivity contribution is 7.89. The predicted molar refractivity (Wildman–Crippen MR) is 44.9 cm³/mol. The van der Waals surface area contributed by atoms with E-state index in [-0.39, 0.29) is 4.90 Å². The molecule has 6 heteroatoms.